The minimum atomic E-state index is -4.24. The molecule has 0 aromatic rings. The topological polar surface area (TPSA) is 75.7 Å². The van der Waals surface area contributed by atoms with Crippen LogP contribution in [0, 0.1) is 0 Å². The SMILES string of the molecule is O=S(=O)([O-])CN1C([S-])NN2CCCC21.[Na+]. The average Bonchev–Trinajstić information content (AvgIpc) is 2.54. The van der Waals surface area contributed by atoms with E-state index in [-0.39, 0.29) is 35.7 Å². The van der Waals surface area contributed by atoms with Gasteiger partial charge in [0.15, 0.2) is 0 Å². The van der Waals surface area contributed by atoms with Crippen LogP contribution in [0.5, 0.6) is 0 Å². The molecule has 2 heterocycles. The van der Waals surface area contributed by atoms with Crippen LogP contribution in [0.25, 0.3) is 0 Å². The van der Waals surface area contributed by atoms with Gasteiger partial charge in [0.2, 0.25) is 0 Å². The van der Waals surface area contributed by atoms with E-state index in [1.165, 1.54) is 4.90 Å². The zero-order chi connectivity index (χ0) is 10.3. The van der Waals surface area contributed by atoms with Gasteiger partial charge in [-0.2, -0.15) is 0 Å². The van der Waals surface area contributed by atoms with Gasteiger partial charge in [-0.1, -0.05) is 0 Å². The summed E-state index contributed by atoms with van der Waals surface area (Å²) in [7, 11) is -4.24. The van der Waals surface area contributed by atoms with Crippen molar-refractivity contribution < 1.29 is 42.5 Å². The van der Waals surface area contributed by atoms with Crippen LogP contribution in [0.15, 0.2) is 0 Å². The number of fused-ring (bicyclic) bond motifs is 1. The van der Waals surface area contributed by atoms with Gasteiger partial charge < -0.3 is 17.2 Å². The Morgan fingerprint density at radius 3 is 2.80 bits per heavy atom. The van der Waals surface area contributed by atoms with Crippen LogP contribution in [-0.4, -0.2) is 47.0 Å². The fourth-order valence-corrected chi connectivity index (χ4v) is 3.08. The molecule has 0 amide bonds. The second kappa shape index (κ2) is 5.19. The maximum absolute atomic E-state index is 10.6. The Morgan fingerprint density at radius 2 is 2.20 bits per heavy atom. The molecule has 2 fully saturated rings. The van der Waals surface area contributed by atoms with Crippen LogP contribution in [0.2, 0.25) is 0 Å². The molecule has 1 N–H and O–H groups in total. The van der Waals surface area contributed by atoms with Gasteiger partial charge >= 0.3 is 29.6 Å². The first-order valence-electron chi connectivity index (χ1n) is 4.35. The first-order chi connectivity index (χ1) is 6.47. The van der Waals surface area contributed by atoms with E-state index in [2.05, 4.69) is 5.43 Å². The summed E-state index contributed by atoms with van der Waals surface area (Å²) in [6.45, 7) is 0.854. The molecule has 0 spiro atoms. The second-order valence-corrected chi connectivity index (χ2v) is 5.32. The van der Waals surface area contributed by atoms with Gasteiger partial charge in [-0.15, -0.1) is 0 Å². The number of rotatable bonds is 2. The van der Waals surface area contributed by atoms with E-state index >= 15 is 0 Å². The molecular formula is C6H11N3NaO3S2-. The van der Waals surface area contributed by atoms with Gasteiger partial charge in [0.05, 0.1) is 12.0 Å². The van der Waals surface area contributed by atoms with E-state index in [4.69, 9.17) is 12.6 Å². The molecule has 2 saturated heterocycles. The van der Waals surface area contributed by atoms with Crippen LogP contribution < -0.4 is 35.0 Å². The first-order valence-corrected chi connectivity index (χ1v) is 6.40. The van der Waals surface area contributed by atoms with Crippen molar-refractivity contribution in [1.29, 1.82) is 0 Å². The van der Waals surface area contributed by atoms with Crippen LogP contribution in [0.3, 0.4) is 0 Å². The fourth-order valence-electron chi connectivity index (χ4n) is 1.95. The maximum atomic E-state index is 10.6. The Bertz CT molecular complexity index is 326. The molecule has 82 valence electrons. The van der Waals surface area contributed by atoms with Crippen molar-refractivity contribution in [2.24, 2.45) is 0 Å². The van der Waals surface area contributed by atoms with E-state index < -0.39 is 21.5 Å². The standard InChI is InChI=1S/C6H13N3O3S2.Na/c10-14(11,12)4-8-5-2-1-3-9(5)7-6(8)13;/h5-7,13H,1-4H2,(H,10,11,12);/q;+1/p-2. The summed E-state index contributed by atoms with van der Waals surface area (Å²) in [4.78, 5) is 1.52. The summed E-state index contributed by atoms with van der Waals surface area (Å²) >= 11 is 5.02. The number of nitrogens with one attached hydrogen (secondary N) is 1. The molecule has 6 nitrogen and oxygen atoms in total. The molecule has 0 aliphatic carbocycles. The smallest absolute Gasteiger partial charge is 0.757 e. The number of hydrazine groups is 1. The fraction of sp³-hybridized carbons (Fsp3) is 1.00. The van der Waals surface area contributed by atoms with E-state index in [0.29, 0.717) is 0 Å². The van der Waals surface area contributed by atoms with E-state index in [1.54, 1.807) is 0 Å². The van der Waals surface area contributed by atoms with Crippen molar-refractivity contribution in [2.75, 3.05) is 12.4 Å². The second-order valence-electron chi connectivity index (χ2n) is 3.50. The summed E-state index contributed by atoms with van der Waals surface area (Å²) < 4.78 is 31.9. The zero-order valence-electron chi connectivity index (χ0n) is 8.42. The summed E-state index contributed by atoms with van der Waals surface area (Å²) in [5.74, 6) is -0.505. The summed E-state index contributed by atoms with van der Waals surface area (Å²) in [6.07, 6.45) is 1.83. The maximum Gasteiger partial charge on any atom is 1.00 e. The molecule has 2 aliphatic heterocycles. The monoisotopic (exact) mass is 260 g/mol. The molecule has 0 aromatic carbocycles. The predicted octanol–water partition coefficient (Wildman–Crippen LogP) is -4.43. The first kappa shape index (κ1) is 14.2. The third kappa shape index (κ3) is 3.30. The zero-order valence-corrected chi connectivity index (χ0v) is 12.1. The Labute approximate surface area is 117 Å². The molecule has 2 unspecified atom stereocenters. The molecule has 0 bridgehead atoms. The third-order valence-corrected chi connectivity index (χ3v) is 3.48. The van der Waals surface area contributed by atoms with Gasteiger partial charge in [-0.25, -0.2) is 13.4 Å². The van der Waals surface area contributed by atoms with Gasteiger partial charge in [0.1, 0.15) is 10.1 Å². The average molecular weight is 260 g/mol. The quantitative estimate of drug-likeness (QED) is 0.305. The normalized spacial score (nSPS) is 32.7. The Hall–Kier alpha value is 1.14. The van der Waals surface area contributed by atoms with Crippen molar-refractivity contribution in [3.05, 3.63) is 0 Å². The number of nitrogens with zero attached hydrogens (tertiary/aromatic N) is 2. The van der Waals surface area contributed by atoms with Gasteiger partial charge in [0, 0.05) is 6.54 Å². The molecular weight excluding hydrogens is 249 g/mol. The van der Waals surface area contributed by atoms with E-state index in [9.17, 15) is 13.0 Å². The molecule has 15 heavy (non-hydrogen) atoms. The third-order valence-electron chi connectivity index (χ3n) is 2.49. The number of hydrogen-bond acceptors (Lipinski definition) is 7. The van der Waals surface area contributed by atoms with Gasteiger partial charge in [0.25, 0.3) is 0 Å². The van der Waals surface area contributed by atoms with Crippen molar-refractivity contribution in [3.63, 3.8) is 0 Å². The van der Waals surface area contributed by atoms with Crippen LogP contribution in [0.1, 0.15) is 12.8 Å². The molecule has 0 radical (unpaired) electrons. The van der Waals surface area contributed by atoms with Crippen LogP contribution in [0.4, 0.5) is 0 Å². The van der Waals surface area contributed by atoms with Crippen molar-refractivity contribution in [1.82, 2.24) is 15.3 Å². The van der Waals surface area contributed by atoms with Crippen molar-refractivity contribution >= 4 is 22.7 Å². The largest absolute Gasteiger partial charge is 1.00 e. The Morgan fingerprint density at radius 1 is 1.53 bits per heavy atom. The minimum Gasteiger partial charge on any atom is -0.757 e. The molecule has 2 atom stereocenters. The van der Waals surface area contributed by atoms with Crippen LogP contribution in [-0.2, 0) is 22.7 Å². The molecule has 0 aromatic heterocycles. The number of hydrogen-bond donors (Lipinski definition) is 1. The Balaban J connectivity index is 0.00000112. The summed E-state index contributed by atoms with van der Waals surface area (Å²) in [5.41, 5.74) is 2.48. The van der Waals surface area contributed by atoms with E-state index in [1.807, 2.05) is 5.01 Å². The van der Waals surface area contributed by atoms with Crippen molar-refractivity contribution in [3.8, 4) is 0 Å². The van der Waals surface area contributed by atoms with Gasteiger partial charge in [-0.05, 0) is 18.3 Å². The van der Waals surface area contributed by atoms with Gasteiger partial charge in [-0.3, -0.25) is 10.3 Å². The predicted molar refractivity (Wildman–Crippen MR) is 50.4 cm³/mol. The van der Waals surface area contributed by atoms with Crippen LogP contribution >= 0.6 is 0 Å². The molecule has 9 heteroatoms. The minimum absolute atomic E-state index is 0. The summed E-state index contributed by atoms with van der Waals surface area (Å²) in [6, 6.07) is 0. The summed E-state index contributed by atoms with van der Waals surface area (Å²) in [5, 5.41) is 1.91. The molecule has 2 aliphatic rings. The van der Waals surface area contributed by atoms with E-state index in [0.717, 1.165) is 19.4 Å². The van der Waals surface area contributed by atoms with Crippen molar-refractivity contribution in [2.45, 2.75) is 24.5 Å². The molecule has 0 saturated carbocycles. The molecule has 2 rings (SSSR count). The Kier molecular flexibility index (Phi) is 4.92.